The van der Waals surface area contributed by atoms with Crippen LogP contribution in [0.4, 0.5) is 0 Å². The van der Waals surface area contributed by atoms with Crippen LogP contribution in [0.1, 0.15) is 32.1 Å². The third-order valence-corrected chi connectivity index (χ3v) is 3.16. The lowest BCUT2D eigenvalue weighted by atomic mass is 10.1. The SMILES string of the molecule is C/N=C1\OC2CCCCCC2N1C. The minimum Gasteiger partial charge on any atom is -0.460 e. The Morgan fingerprint density at radius 2 is 2.08 bits per heavy atom. The molecule has 3 nitrogen and oxygen atoms in total. The molecule has 0 N–H and O–H groups in total. The zero-order chi connectivity index (χ0) is 9.26. The molecule has 0 radical (unpaired) electrons. The molecule has 2 aliphatic rings. The van der Waals surface area contributed by atoms with E-state index in [-0.39, 0.29) is 0 Å². The van der Waals surface area contributed by atoms with E-state index in [9.17, 15) is 0 Å². The van der Waals surface area contributed by atoms with Gasteiger partial charge in [-0.3, -0.25) is 0 Å². The fourth-order valence-corrected chi connectivity index (χ4v) is 2.41. The lowest BCUT2D eigenvalue weighted by Gasteiger charge is -2.19. The standard InChI is InChI=1S/C10H18N2O/c1-11-10-12(2)8-6-4-3-5-7-9(8)13-10/h8-9H,3-7H2,1-2H3/b11-10-. The number of likely N-dealkylation sites (N-methyl/N-ethyl adjacent to an activating group) is 1. The molecule has 1 aliphatic carbocycles. The van der Waals surface area contributed by atoms with Gasteiger partial charge in [0.15, 0.2) is 0 Å². The molecule has 0 aromatic rings. The molecule has 2 fully saturated rings. The molecule has 3 heteroatoms. The predicted molar refractivity (Wildman–Crippen MR) is 52.9 cm³/mol. The van der Waals surface area contributed by atoms with Gasteiger partial charge in [-0.25, -0.2) is 4.99 Å². The van der Waals surface area contributed by atoms with Gasteiger partial charge in [-0.15, -0.1) is 0 Å². The number of hydrogen-bond acceptors (Lipinski definition) is 2. The second-order valence-electron chi connectivity index (χ2n) is 3.98. The van der Waals surface area contributed by atoms with Gasteiger partial charge in [0.05, 0.1) is 6.04 Å². The van der Waals surface area contributed by atoms with E-state index in [2.05, 4.69) is 16.9 Å². The average molecular weight is 182 g/mol. The van der Waals surface area contributed by atoms with Gasteiger partial charge in [0, 0.05) is 14.1 Å². The Hall–Kier alpha value is -0.730. The lowest BCUT2D eigenvalue weighted by Crippen LogP contribution is -2.32. The summed E-state index contributed by atoms with van der Waals surface area (Å²) in [6, 6.07) is 1.41. The fraction of sp³-hybridized carbons (Fsp3) is 0.900. The number of fused-ring (bicyclic) bond motifs is 1. The Bertz CT molecular complexity index is 215. The molecular formula is C10H18N2O. The topological polar surface area (TPSA) is 24.8 Å². The minimum absolute atomic E-state index is 0.409. The highest BCUT2D eigenvalue weighted by molar-refractivity contribution is 5.76. The van der Waals surface area contributed by atoms with E-state index in [0.29, 0.717) is 12.1 Å². The van der Waals surface area contributed by atoms with Crippen molar-refractivity contribution in [1.29, 1.82) is 0 Å². The second kappa shape index (κ2) is 3.56. The van der Waals surface area contributed by atoms with Gasteiger partial charge in [0.1, 0.15) is 6.10 Å². The van der Waals surface area contributed by atoms with Crippen LogP contribution in [0.25, 0.3) is 0 Å². The van der Waals surface area contributed by atoms with Crippen molar-refractivity contribution in [3.63, 3.8) is 0 Å². The lowest BCUT2D eigenvalue weighted by molar-refractivity contribution is 0.182. The van der Waals surface area contributed by atoms with Crippen LogP contribution < -0.4 is 0 Å². The molecule has 0 aromatic carbocycles. The molecule has 74 valence electrons. The van der Waals surface area contributed by atoms with E-state index in [1.807, 2.05) is 0 Å². The predicted octanol–water partition coefficient (Wildman–Crippen LogP) is 1.64. The quantitative estimate of drug-likeness (QED) is 0.569. The first-order chi connectivity index (χ1) is 6.33. The minimum atomic E-state index is 0.409. The number of nitrogens with zero attached hydrogens (tertiary/aromatic N) is 2. The monoisotopic (exact) mass is 182 g/mol. The van der Waals surface area contributed by atoms with Crippen molar-refractivity contribution in [2.24, 2.45) is 4.99 Å². The summed E-state index contributed by atoms with van der Waals surface area (Å²) in [5.74, 6) is 0. The molecule has 2 atom stereocenters. The number of ether oxygens (including phenoxy) is 1. The molecule has 0 amide bonds. The summed E-state index contributed by atoms with van der Waals surface area (Å²) >= 11 is 0. The highest BCUT2D eigenvalue weighted by Crippen LogP contribution is 2.29. The molecule has 0 aromatic heterocycles. The maximum atomic E-state index is 5.78. The van der Waals surface area contributed by atoms with E-state index >= 15 is 0 Å². The van der Waals surface area contributed by atoms with E-state index in [0.717, 1.165) is 6.02 Å². The third kappa shape index (κ3) is 1.52. The Labute approximate surface area is 79.8 Å². The van der Waals surface area contributed by atoms with Crippen molar-refractivity contribution in [1.82, 2.24) is 4.90 Å². The fourth-order valence-electron chi connectivity index (χ4n) is 2.41. The van der Waals surface area contributed by atoms with Crippen molar-refractivity contribution < 1.29 is 4.74 Å². The van der Waals surface area contributed by atoms with Crippen LogP contribution in [0.2, 0.25) is 0 Å². The molecule has 1 aliphatic heterocycles. The van der Waals surface area contributed by atoms with Crippen LogP contribution in [0.3, 0.4) is 0 Å². The first-order valence-corrected chi connectivity index (χ1v) is 5.19. The Balaban J connectivity index is 2.11. The summed E-state index contributed by atoms with van der Waals surface area (Å²) < 4.78 is 5.78. The zero-order valence-electron chi connectivity index (χ0n) is 8.49. The van der Waals surface area contributed by atoms with E-state index in [4.69, 9.17) is 4.74 Å². The molecule has 1 heterocycles. The van der Waals surface area contributed by atoms with Gasteiger partial charge in [-0.05, 0) is 19.3 Å². The Kier molecular flexibility index (Phi) is 2.42. The number of hydrogen-bond donors (Lipinski definition) is 0. The van der Waals surface area contributed by atoms with Crippen LogP contribution in [-0.4, -0.2) is 37.2 Å². The molecule has 2 rings (SSSR count). The molecule has 0 spiro atoms. The van der Waals surface area contributed by atoms with Crippen molar-refractivity contribution in [3.05, 3.63) is 0 Å². The van der Waals surface area contributed by atoms with E-state index in [1.165, 1.54) is 32.1 Å². The molecule has 13 heavy (non-hydrogen) atoms. The van der Waals surface area contributed by atoms with Gasteiger partial charge in [-0.1, -0.05) is 12.8 Å². The number of rotatable bonds is 0. The average Bonchev–Trinajstić information content (AvgIpc) is 2.37. The van der Waals surface area contributed by atoms with Crippen molar-refractivity contribution >= 4 is 6.02 Å². The van der Waals surface area contributed by atoms with Crippen molar-refractivity contribution in [2.75, 3.05) is 14.1 Å². The van der Waals surface area contributed by atoms with Crippen LogP contribution >= 0.6 is 0 Å². The largest absolute Gasteiger partial charge is 0.460 e. The molecular weight excluding hydrogens is 164 g/mol. The summed E-state index contributed by atoms with van der Waals surface area (Å²) in [7, 11) is 3.90. The van der Waals surface area contributed by atoms with Crippen molar-refractivity contribution in [3.8, 4) is 0 Å². The van der Waals surface area contributed by atoms with Gasteiger partial charge in [0.2, 0.25) is 0 Å². The first kappa shape index (κ1) is 8.85. The first-order valence-electron chi connectivity index (χ1n) is 5.19. The second-order valence-corrected chi connectivity index (χ2v) is 3.98. The van der Waals surface area contributed by atoms with Gasteiger partial charge in [-0.2, -0.15) is 0 Å². The molecule has 2 unspecified atom stereocenters. The highest BCUT2D eigenvalue weighted by atomic mass is 16.5. The number of aliphatic imine (C=N–C) groups is 1. The summed E-state index contributed by atoms with van der Waals surface area (Å²) in [6.07, 6.45) is 6.89. The van der Waals surface area contributed by atoms with Gasteiger partial charge >= 0.3 is 0 Å². The zero-order valence-corrected chi connectivity index (χ0v) is 8.49. The van der Waals surface area contributed by atoms with Crippen LogP contribution in [0, 0.1) is 0 Å². The summed E-state index contributed by atoms with van der Waals surface area (Å²) in [6.45, 7) is 0. The molecule has 1 saturated carbocycles. The van der Waals surface area contributed by atoms with E-state index in [1.54, 1.807) is 7.05 Å². The molecule has 0 bridgehead atoms. The van der Waals surface area contributed by atoms with Gasteiger partial charge < -0.3 is 9.64 Å². The number of amidine groups is 1. The molecule has 1 saturated heterocycles. The third-order valence-electron chi connectivity index (χ3n) is 3.16. The van der Waals surface area contributed by atoms with E-state index < -0.39 is 0 Å². The summed E-state index contributed by atoms with van der Waals surface area (Å²) in [5.41, 5.74) is 0. The van der Waals surface area contributed by atoms with Crippen molar-refractivity contribution in [2.45, 2.75) is 44.2 Å². The van der Waals surface area contributed by atoms with Crippen LogP contribution in [-0.2, 0) is 4.74 Å². The van der Waals surface area contributed by atoms with Crippen LogP contribution in [0.15, 0.2) is 4.99 Å². The normalized spacial score (nSPS) is 37.1. The highest BCUT2D eigenvalue weighted by Gasteiger charge is 2.37. The summed E-state index contributed by atoms with van der Waals surface area (Å²) in [5, 5.41) is 0. The van der Waals surface area contributed by atoms with Crippen LogP contribution in [0.5, 0.6) is 0 Å². The maximum absolute atomic E-state index is 5.78. The van der Waals surface area contributed by atoms with Gasteiger partial charge in [0.25, 0.3) is 6.02 Å². The maximum Gasteiger partial charge on any atom is 0.287 e. The Morgan fingerprint density at radius 3 is 2.85 bits per heavy atom. The Morgan fingerprint density at radius 1 is 1.31 bits per heavy atom. The summed E-state index contributed by atoms with van der Waals surface area (Å²) in [4.78, 5) is 6.35. The smallest absolute Gasteiger partial charge is 0.287 e.